The molecule has 0 spiro atoms. The molecule has 4 rings (SSSR count). The van der Waals surface area contributed by atoms with Crippen LogP contribution >= 0.6 is 11.3 Å². The molecule has 2 aromatic carbocycles. The number of carbonyl (C=O) groups excluding carboxylic acids is 2. The lowest BCUT2D eigenvalue weighted by Crippen LogP contribution is -3.08. The number of methoxy groups -OCH3 is 1. The van der Waals surface area contributed by atoms with Gasteiger partial charge in [-0.15, -0.1) is 11.3 Å². The Balaban J connectivity index is 1.73. The van der Waals surface area contributed by atoms with Crippen molar-refractivity contribution in [2.75, 3.05) is 26.0 Å². The van der Waals surface area contributed by atoms with E-state index in [1.807, 2.05) is 36.4 Å². The Bertz CT molecular complexity index is 1040. The molecule has 0 radical (unpaired) electrons. The summed E-state index contributed by atoms with van der Waals surface area (Å²) in [6, 6.07) is 13.4. The molecular weight excluding hydrogens is 360 g/mol. The van der Waals surface area contributed by atoms with Gasteiger partial charge in [-0.2, -0.15) is 0 Å². The average molecular weight is 381 g/mol. The molecular formula is C21H21N2O3S+. The smallest absolute Gasteiger partial charge is 0.341 e. The summed E-state index contributed by atoms with van der Waals surface area (Å²) in [4.78, 5) is 28.0. The van der Waals surface area contributed by atoms with Crippen molar-refractivity contribution < 1.29 is 19.2 Å². The second-order valence-corrected chi connectivity index (χ2v) is 7.92. The van der Waals surface area contributed by atoms with Crippen molar-refractivity contribution in [3.05, 3.63) is 64.0 Å². The number of hydrogen-bond donors (Lipinski definition) is 2. The first kappa shape index (κ1) is 17.7. The Morgan fingerprint density at radius 3 is 2.74 bits per heavy atom. The average Bonchev–Trinajstić information content (AvgIpc) is 3.03. The van der Waals surface area contributed by atoms with Crippen LogP contribution in [0.3, 0.4) is 0 Å². The molecule has 138 valence electrons. The molecule has 0 bridgehead atoms. The van der Waals surface area contributed by atoms with Crippen molar-refractivity contribution in [1.82, 2.24) is 0 Å². The second kappa shape index (κ2) is 7.13. The highest BCUT2D eigenvalue weighted by molar-refractivity contribution is 7.17. The molecule has 5 nitrogen and oxygen atoms in total. The van der Waals surface area contributed by atoms with Crippen LogP contribution in [0.1, 0.15) is 31.2 Å². The van der Waals surface area contributed by atoms with Gasteiger partial charge in [0.25, 0.3) is 5.91 Å². The minimum absolute atomic E-state index is 0.212. The molecule has 0 saturated heterocycles. The van der Waals surface area contributed by atoms with E-state index in [1.165, 1.54) is 23.3 Å². The van der Waals surface area contributed by atoms with Gasteiger partial charge in [0.2, 0.25) is 0 Å². The fourth-order valence-corrected chi connectivity index (χ4v) is 4.96. The van der Waals surface area contributed by atoms with Crippen molar-refractivity contribution >= 4 is 39.0 Å². The van der Waals surface area contributed by atoms with E-state index >= 15 is 0 Å². The Hall–Kier alpha value is -2.70. The number of ether oxygens (including phenoxy) is 1. The molecule has 1 amide bonds. The Morgan fingerprint density at radius 1 is 1.15 bits per heavy atom. The first-order valence-electron chi connectivity index (χ1n) is 8.91. The van der Waals surface area contributed by atoms with Crippen LogP contribution in [0.2, 0.25) is 0 Å². The number of esters is 1. The largest absolute Gasteiger partial charge is 0.465 e. The third-order valence-corrected chi connectivity index (χ3v) is 6.15. The lowest BCUT2D eigenvalue weighted by atomic mass is 10.0. The number of likely N-dealkylation sites (N-methyl/N-ethyl adjacent to an activating group) is 1. The zero-order chi connectivity index (χ0) is 19.0. The van der Waals surface area contributed by atoms with Crippen LogP contribution in [0.25, 0.3) is 10.8 Å². The first-order valence-corrected chi connectivity index (χ1v) is 9.73. The summed E-state index contributed by atoms with van der Waals surface area (Å²) in [6.07, 6.45) is 0.812. The summed E-state index contributed by atoms with van der Waals surface area (Å²) in [5.74, 6) is -0.600. The predicted octanol–water partition coefficient (Wildman–Crippen LogP) is 2.51. The lowest BCUT2D eigenvalue weighted by molar-refractivity contribution is -0.895. The number of benzene rings is 2. The molecule has 1 atom stereocenters. The summed E-state index contributed by atoms with van der Waals surface area (Å²) >= 11 is 1.48. The summed E-state index contributed by atoms with van der Waals surface area (Å²) in [6.45, 7) is 1.82. The molecule has 0 aliphatic carbocycles. The van der Waals surface area contributed by atoms with Gasteiger partial charge in [-0.3, -0.25) is 4.79 Å². The molecule has 0 saturated carbocycles. The number of nitrogens with one attached hydrogen (secondary N) is 2. The van der Waals surface area contributed by atoms with Gasteiger partial charge in [-0.1, -0.05) is 36.4 Å². The molecule has 27 heavy (non-hydrogen) atoms. The number of carbonyl (C=O) groups is 2. The van der Waals surface area contributed by atoms with E-state index in [9.17, 15) is 9.59 Å². The third-order valence-electron chi connectivity index (χ3n) is 5.01. The minimum atomic E-state index is -0.389. The molecule has 1 aliphatic rings. The monoisotopic (exact) mass is 381 g/mol. The van der Waals surface area contributed by atoms with E-state index in [2.05, 4.69) is 12.4 Å². The Labute approximate surface area is 161 Å². The normalized spacial score (nSPS) is 16.0. The summed E-state index contributed by atoms with van der Waals surface area (Å²) in [7, 11) is 3.51. The highest BCUT2D eigenvalue weighted by Gasteiger charge is 2.30. The van der Waals surface area contributed by atoms with Crippen molar-refractivity contribution in [3.63, 3.8) is 0 Å². The highest BCUT2D eigenvalue weighted by atomic mass is 32.1. The van der Waals surface area contributed by atoms with Crippen molar-refractivity contribution in [2.45, 2.75) is 13.0 Å². The molecule has 6 heteroatoms. The molecule has 1 aromatic heterocycles. The van der Waals surface area contributed by atoms with E-state index in [0.29, 0.717) is 16.1 Å². The third kappa shape index (κ3) is 3.22. The predicted molar refractivity (Wildman–Crippen MR) is 107 cm³/mol. The molecule has 1 unspecified atom stereocenters. The van der Waals surface area contributed by atoms with Gasteiger partial charge < -0.3 is 15.0 Å². The molecule has 1 aliphatic heterocycles. The molecule has 0 fully saturated rings. The van der Waals surface area contributed by atoms with Crippen LogP contribution in [0, 0.1) is 0 Å². The van der Waals surface area contributed by atoms with E-state index < -0.39 is 0 Å². The van der Waals surface area contributed by atoms with E-state index in [4.69, 9.17) is 4.74 Å². The van der Waals surface area contributed by atoms with Crippen LogP contribution in [-0.4, -0.2) is 32.6 Å². The van der Waals surface area contributed by atoms with E-state index in [1.54, 1.807) is 6.07 Å². The topological polar surface area (TPSA) is 59.8 Å². The zero-order valence-corrected chi connectivity index (χ0v) is 16.1. The lowest BCUT2D eigenvalue weighted by Gasteiger charge is -2.19. The van der Waals surface area contributed by atoms with Gasteiger partial charge in [0.15, 0.2) is 0 Å². The maximum atomic E-state index is 13.0. The van der Waals surface area contributed by atoms with Crippen LogP contribution in [0.4, 0.5) is 5.00 Å². The number of amides is 1. The van der Waals surface area contributed by atoms with Gasteiger partial charge in [-0.05, 0) is 22.4 Å². The van der Waals surface area contributed by atoms with Crippen molar-refractivity contribution in [2.24, 2.45) is 0 Å². The Morgan fingerprint density at radius 2 is 1.93 bits per heavy atom. The summed E-state index contributed by atoms with van der Waals surface area (Å²) in [5.41, 5.74) is 2.13. The first-order chi connectivity index (χ1) is 13.1. The molecule has 2 N–H and O–H groups in total. The van der Waals surface area contributed by atoms with Crippen LogP contribution in [0.15, 0.2) is 42.5 Å². The van der Waals surface area contributed by atoms with E-state index in [-0.39, 0.29) is 11.9 Å². The standard InChI is InChI=1S/C21H20N2O3S/c1-23-11-10-16-17(12-23)27-20(18(16)21(25)26-2)22-19(24)15-9-5-7-13-6-3-4-8-14(13)15/h3-9H,10-12H2,1-2H3,(H,22,24)/p+1. The van der Waals surface area contributed by atoms with Crippen molar-refractivity contribution in [1.29, 1.82) is 0 Å². The highest BCUT2D eigenvalue weighted by Crippen LogP contribution is 2.35. The van der Waals surface area contributed by atoms with Crippen molar-refractivity contribution in [3.8, 4) is 0 Å². The number of anilines is 1. The van der Waals surface area contributed by atoms with Gasteiger partial charge in [0.1, 0.15) is 11.5 Å². The quantitative estimate of drug-likeness (QED) is 0.686. The fourth-order valence-electron chi connectivity index (χ4n) is 3.62. The zero-order valence-electron chi connectivity index (χ0n) is 15.3. The van der Waals surface area contributed by atoms with Crippen LogP contribution in [-0.2, 0) is 17.7 Å². The maximum absolute atomic E-state index is 13.0. The number of rotatable bonds is 3. The second-order valence-electron chi connectivity index (χ2n) is 6.81. The number of fused-ring (bicyclic) bond motifs is 2. The van der Waals surface area contributed by atoms with E-state index in [0.717, 1.165) is 40.7 Å². The van der Waals surface area contributed by atoms with Gasteiger partial charge in [0, 0.05) is 12.0 Å². The van der Waals surface area contributed by atoms with Crippen LogP contribution < -0.4 is 10.2 Å². The number of hydrogen-bond acceptors (Lipinski definition) is 4. The summed E-state index contributed by atoms with van der Waals surface area (Å²) in [5, 5.41) is 5.46. The number of thiophene rings is 1. The SMILES string of the molecule is COC(=O)c1c(NC(=O)c2cccc3ccccc23)sc2c1CC[NH+](C)C2. The van der Waals surface area contributed by atoms with Gasteiger partial charge >= 0.3 is 5.97 Å². The van der Waals surface area contributed by atoms with Gasteiger partial charge in [-0.25, -0.2) is 4.79 Å². The summed E-state index contributed by atoms with van der Waals surface area (Å²) < 4.78 is 5.00. The maximum Gasteiger partial charge on any atom is 0.341 e. The minimum Gasteiger partial charge on any atom is -0.465 e. The molecule has 3 aromatic rings. The fraction of sp³-hybridized carbons (Fsp3) is 0.238. The number of quaternary nitrogens is 1. The van der Waals surface area contributed by atoms with Crippen LogP contribution in [0.5, 0.6) is 0 Å². The molecule has 2 heterocycles. The van der Waals surface area contributed by atoms with Gasteiger partial charge in [0.05, 0.1) is 31.1 Å². The Kier molecular flexibility index (Phi) is 4.68.